The zero-order chi connectivity index (χ0) is 16.7. The van der Waals surface area contributed by atoms with Gasteiger partial charge in [0, 0.05) is 24.0 Å². The van der Waals surface area contributed by atoms with Crippen molar-refractivity contribution in [2.24, 2.45) is 0 Å². The van der Waals surface area contributed by atoms with Gasteiger partial charge >= 0.3 is 0 Å². The molecule has 0 aliphatic rings. The molecule has 1 amide bonds. The molecule has 0 aliphatic heterocycles. The SMILES string of the molecule is Cc1cc(C)c2[nH]c(C(=O)N(C)Cc3cc(C)no3)c(C)c2c1. The second kappa shape index (κ2) is 5.57. The molecule has 5 heteroatoms. The highest BCUT2D eigenvalue weighted by atomic mass is 16.5. The van der Waals surface area contributed by atoms with Gasteiger partial charge < -0.3 is 14.4 Å². The molecule has 2 heterocycles. The van der Waals surface area contributed by atoms with Crippen LogP contribution in [0.15, 0.2) is 22.7 Å². The van der Waals surface area contributed by atoms with Crippen LogP contribution in [0.1, 0.15) is 38.6 Å². The number of nitrogens with zero attached hydrogens (tertiary/aromatic N) is 2. The van der Waals surface area contributed by atoms with Crippen molar-refractivity contribution in [1.82, 2.24) is 15.0 Å². The first-order valence-corrected chi connectivity index (χ1v) is 7.64. The summed E-state index contributed by atoms with van der Waals surface area (Å²) in [6, 6.07) is 6.08. The summed E-state index contributed by atoms with van der Waals surface area (Å²) in [5.41, 5.74) is 5.80. The van der Waals surface area contributed by atoms with E-state index in [1.54, 1.807) is 11.9 Å². The van der Waals surface area contributed by atoms with Crippen molar-refractivity contribution in [2.75, 3.05) is 7.05 Å². The van der Waals surface area contributed by atoms with E-state index in [1.807, 2.05) is 19.9 Å². The number of hydrogen-bond donors (Lipinski definition) is 1. The molecule has 1 N–H and O–H groups in total. The molecule has 1 aromatic carbocycles. The third-order valence-corrected chi connectivity index (χ3v) is 4.14. The van der Waals surface area contributed by atoms with Crippen LogP contribution in [0.5, 0.6) is 0 Å². The van der Waals surface area contributed by atoms with E-state index in [0.717, 1.165) is 27.7 Å². The van der Waals surface area contributed by atoms with Gasteiger partial charge in [0.25, 0.3) is 5.91 Å². The van der Waals surface area contributed by atoms with Gasteiger partial charge in [-0.2, -0.15) is 0 Å². The first-order valence-electron chi connectivity index (χ1n) is 7.64. The van der Waals surface area contributed by atoms with E-state index < -0.39 is 0 Å². The number of carbonyl (C=O) groups excluding carboxylic acids is 1. The lowest BCUT2D eigenvalue weighted by Gasteiger charge is -2.14. The number of carbonyl (C=O) groups is 1. The topological polar surface area (TPSA) is 62.1 Å². The molecule has 3 rings (SSSR count). The largest absolute Gasteiger partial charge is 0.359 e. The number of rotatable bonds is 3. The van der Waals surface area contributed by atoms with E-state index in [9.17, 15) is 4.79 Å². The fraction of sp³-hybridized carbons (Fsp3) is 0.333. The Labute approximate surface area is 135 Å². The van der Waals surface area contributed by atoms with E-state index in [1.165, 1.54) is 5.56 Å². The van der Waals surface area contributed by atoms with Gasteiger partial charge in [0.05, 0.1) is 12.2 Å². The van der Waals surface area contributed by atoms with Gasteiger partial charge in [-0.1, -0.05) is 16.8 Å². The molecule has 23 heavy (non-hydrogen) atoms. The van der Waals surface area contributed by atoms with Crippen molar-refractivity contribution in [3.63, 3.8) is 0 Å². The molecule has 0 atom stereocenters. The minimum atomic E-state index is -0.0511. The van der Waals surface area contributed by atoms with Crippen LogP contribution in [0.3, 0.4) is 0 Å². The monoisotopic (exact) mass is 311 g/mol. The van der Waals surface area contributed by atoms with Crippen LogP contribution in [0.2, 0.25) is 0 Å². The number of fused-ring (bicyclic) bond motifs is 1. The standard InChI is InChI=1S/C18H21N3O2/c1-10-6-11(2)16-15(7-10)13(4)17(19-16)18(22)21(5)9-14-8-12(3)20-23-14/h6-8,19H,9H2,1-5H3. The third kappa shape index (κ3) is 2.74. The first-order chi connectivity index (χ1) is 10.9. The molecule has 0 fully saturated rings. The maximum atomic E-state index is 12.8. The Morgan fingerprint density at radius 2 is 1.96 bits per heavy atom. The van der Waals surface area contributed by atoms with E-state index >= 15 is 0 Å². The quantitative estimate of drug-likeness (QED) is 0.803. The number of nitrogens with one attached hydrogen (secondary N) is 1. The van der Waals surface area contributed by atoms with Crippen LogP contribution < -0.4 is 0 Å². The summed E-state index contributed by atoms with van der Waals surface area (Å²) in [5.74, 6) is 0.629. The lowest BCUT2D eigenvalue weighted by atomic mass is 10.1. The van der Waals surface area contributed by atoms with E-state index in [4.69, 9.17) is 4.52 Å². The van der Waals surface area contributed by atoms with Gasteiger partial charge in [-0.15, -0.1) is 0 Å². The van der Waals surface area contributed by atoms with E-state index in [2.05, 4.69) is 36.1 Å². The van der Waals surface area contributed by atoms with Crippen molar-refractivity contribution in [3.8, 4) is 0 Å². The maximum Gasteiger partial charge on any atom is 0.270 e. The number of benzene rings is 1. The van der Waals surface area contributed by atoms with Crippen molar-refractivity contribution >= 4 is 16.8 Å². The van der Waals surface area contributed by atoms with Crippen LogP contribution in [-0.2, 0) is 6.54 Å². The number of amides is 1. The normalized spacial score (nSPS) is 11.2. The van der Waals surface area contributed by atoms with Gasteiger partial charge in [0.2, 0.25) is 0 Å². The Morgan fingerprint density at radius 1 is 1.22 bits per heavy atom. The Balaban J connectivity index is 1.94. The summed E-state index contributed by atoms with van der Waals surface area (Å²) >= 11 is 0. The molecular weight excluding hydrogens is 290 g/mol. The van der Waals surface area contributed by atoms with Gasteiger partial charge in [-0.3, -0.25) is 4.79 Å². The average molecular weight is 311 g/mol. The van der Waals surface area contributed by atoms with Crippen LogP contribution in [0.25, 0.3) is 10.9 Å². The second-order valence-electron chi connectivity index (χ2n) is 6.23. The summed E-state index contributed by atoms with van der Waals surface area (Å²) in [7, 11) is 1.77. The number of H-pyrrole nitrogens is 1. The van der Waals surface area contributed by atoms with Crippen LogP contribution in [0, 0.1) is 27.7 Å². The van der Waals surface area contributed by atoms with Crippen molar-refractivity contribution < 1.29 is 9.32 Å². The molecule has 0 aliphatic carbocycles. The van der Waals surface area contributed by atoms with Gasteiger partial charge in [-0.05, 0) is 44.9 Å². The minimum absolute atomic E-state index is 0.0511. The highest BCUT2D eigenvalue weighted by Gasteiger charge is 2.20. The zero-order valence-electron chi connectivity index (χ0n) is 14.2. The average Bonchev–Trinajstić information content (AvgIpc) is 3.03. The highest BCUT2D eigenvalue weighted by molar-refractivity contribution is 6.01. The lowest BCUT2D eigenvalue weighted by molar-refractivity contribution is 0.0766. The zero-order valence-corrected chi connectivity index (χ0v) is 14.2. The fourth-order valence-electron chi connectivity index (χ4n) is 2.98. The molecule has 0 bridgehead atoms. The summed E-state index contributed by atoms with van der Waals surface area (Å²) in [4.78, 5) is 17.7. The van der Waals surface area contributed by atoms with Crippen LogP contribution in [-0.4, -0.2) is 28.0 Å². The summed E-state index contributed by atoms with van der Waals surface area (Å²) in [5, 5.41) is 4.96. The molecule has 0 radical (unpaired) electrons. The van der Waals surface area contributed by atoms with Gasteiger partial charge in [0.1, 0.15) is 5.69 Å². The number of aromatic amines is 1. The minimum Gasteiger partial charge on any atom is -0.359 e. The van der Waals surface area contributed by atoms with Crippen molar-refractivity contribution in [1.29, 1.82) is 0 Å². The van der Waals surface area contributed by atoms with E-state index in [-0.39, 0.29) is 5.91 Å². The highest BCUT2D eigenvalue weighted by Crippen LogP contribution is 2.26. The Morgan fingerprint density at radius 3 is 2.61 bits per heavy atom. The van der Waals surface area contributed by atoms with Crippen LogP contribution in [0.4, 0.5) is 0 Å². The molecule has 0 unspecified atom stereocenters. The Hall–Kier alpha value is -2.56. The lowest BCUT2D eigenvalue weighted by Crippen LogP contribution is -2.26. The van der Waals surface area contributed by atoms with Crippen molar-refractivity contribution in [2.45, 2.75) is 34.2 Å². The number of aryl methyl sites for hydroxylation is 4. The van der Waals surface area contributed by atoms with Crippen LogP contribution >= 0.6 is 0 Å². The molecule has 5 nitrogen and oxygen atoms in total. The molecule has 3 aromatic rings. The van der Waals surface area contributed by atoms with Gasteiger partial charge in [-0.25, -0.2) is 0 Å². The molecule has 0 saturated carbocycles. The molecule has 0 saturated heterocycles. The molecule has 0 spiro atoms. The second-order valence-corrected chi connectivity index (χ2v) is 6.23. The third-order valence-electron chi connectivity index (χ3n) is 4.14. The van der Waals surface area contributed by atoms with E-state index in [0.29, 0.717) is 18.0 Å². The smallest absolute Gasteiger partial charge is 0.270 e. The summed E-state index contributed by atoms with van der Waals surface area (Å²) in [6.07, 6.45) is 0. The Bertz CT molecular complexity index is 889. The number of hydrogen-bond acceptors (Lipinski definition) is 3. The Kier molecular flexibility index (Phi) is 3.72. The molecular formula is C18H21N3O2. The van der Waals surface area contributed by atoms with Gasteiger partial charge in [0.15, 0.2) is 5.76 Å². The molecule has 120 valence electrons. The predicted octanol–water partition coefficient (Wildman–Crippen LogP) is 3.66. The maximum absolute atomic E-state index is 12.8. The summed E-state index contributed by atoms with van der Waals surface area (Å²) in [6.45, 7) is 8.37. The molecule has 2 aromatic heterocycles. The van der Waals surface area contributed by atoms with Crippen molar-refractivity contribution in [3.05, 3.63) is 52.0 Å². The summed E-state index contributed by atoms with van der Waals surface area (Å²) < 4.78 is 5.19. The fourth-order valence-corrected chi connectivity index (χ4v) is 2.98. The first kappa shape index (κ1) is 15.3. The number of aromatic nitrogens is 2. The predicted molar refractivity (Wildman–Crippen MR) is 89.5 cm³/mol.